The molecule has 1 saturated heterocycles. The molecule has 1 saturated carbocycles. The summed E-state index contributed by atoms with van der Waals surface area (Å²) < 4.78 is 22.6. The molecule has 0 N–H and O–H groups in total. The molecule has 0 spiro atoms. The van der Waals surface area contributed by atoms with Gasteiger partial charge in [0.1, 0.15) is 13.2 Å². The van der Waals surface area contributed by atoms with E-state index in [-0.39, 0.29) is 18.7 Å². The van der Waals surface area contributed by atoms with Gasteiger partial charge in [-0.2, -0.15) is 0 Å². The van der Waals surface area contributed by atoms with Crippen LogP contribution < -0.4 is 18.9 Å². The van der Waals surface area contributed by atoms with E-state index in [2.05, 4.69) is 34.1 Å². The highest BCUT2D eigenvalue weighted by Crippen LogP contribution is 2.39. The van der Waals surface area contributed by atoms with E-state index in [9.17, 15) is 4.79 Å². The first-order valence-corrected chi connectivity index (χ1v) is 13.1. The molecule has 186 valence electrons. The van der Waals surface area contributed by atoms with Crippen LogP contribution in [0.2, 0.25) is 0 Å². The summed E-state index contributed by atoms with van der Waals surface area (Å²) >= 11 is 0. The van der Waals surface area contributed by atoms with Gasteiger partial charge in [0.25, 0.3) is 0 Å². The van der Waals surface area contributed by atoms with Gasteiger partial charge in [0.2, 0.25) is 12.7 Å². The van der Waals surface area contributed by atoms with Gasteiger partial charge in [-0.3, -0.25) is 9.69 Å². The minimum Gasteiger partial charge on any atom is -0.486 e. The van der Waals surface area contributed by atoms with Gasteiger partial charge in [-0.1, -0.05) is 31.4 Å². The van der Waals surface area contributed by atoms with Crippen LogP contribution in [0, 0.1) is 0 Å². The van der Waals surface area contributed by atoms with Gasteiger partial charge >= 0.3 is 0 Å². The molecule has 4 aliphatic rings. The van der Waals surface area contributed by atoms with Crippen molar-refractivity contribution >= 4 is 5.91 Å². The van der Waals surface area contributed by atoms with Gasteiger partial charge in [0.15, 0.2) is 23.0 Å². The van der Waals surface area contributed by atoms with Crippen molar-refractivity contribution in [2.75, 3.05) is 33.1 Å². The van der Waals surface area contributed by atoms with E-state index in [4.69, 9.17) is 18.9 Å². The van der Waals surface area contributed by atoms with Crippen LogP contribution in [0.1, 0.15) is 62.1 Å². The maximum Gasteiger partial charge on any atom is 0.237 e. The fourth-order valence-electron chi connectivity index (χ4n) is 5.98. The maximum atomic E-state index is 13.7. The zero-order valence-corrected chi connectivity index (χ0v) is 20.2. The average Bonchev–Trinajstić information content (AvgIpc) is 3.58. The van der Waals surface area contributed by atoms with Gasteiger partial charge in [0.05, 0.1) is 12.6 Å². The van der Waals surface area contributed by atoms with E-state index in [0.717, 1.165) is 72.9 Å². The van der Waals surface area contributed by atoms with Gasteiger partial charge < -0.3 is 23.8 Å². The highest BCUT2D eigenvalue weighted by Gasteiger charge is 2.33. The zero-order chi connectivity index (χ0) is 23.6. The van der Waals surface area contributed by atoms with Crippen LogP contribution in [-0.4, -0.2) is 54.8 Å². The van der Waals surface area contributed by atoms with Crippen molar-refractivity contribution in [2.45, 2.75) is 63.6 Å². The molecule has 7 nitrogen and oxygen atoms in total. The number of amides is 1. The molecule has 3 aliphatic heterocycles. The van der Waals surface area contributed by atoms with Gasteiger partial charge in [0, 0.05) is 19.1 Å². The average molecular weight is 479 g/mol. The Morgan fingerprint density at radius 2 is 1.57 bits per heavy atom. The summed E-state index contributed by atoms with van der Waals surface area (Å²) in [5.41, 5.74) is 2.30. The lowest BCUT2D eigenvalue weighted by Crippen LogP contribution is -2.44. The molecular weight excluding hydrogens is 444 g/mol. The van der Waals surface area contributed by atoms with Crippen molar-refractivity contribution in [1.82, 2.24) is 9.80 Å². The van der Waals surface area contributed by atoms with E-state index in [1.165, 1.54) is 19.3 Å². The Balaban J connectivity index is 1.19. The Morgan fingerprint density at radius 3 is 2.46 bits per heavy atom. The van der Waals surface area contributed by atoms with Gasteiger partial charge in [-0.05, 0) is 61.1 Å². The molecule has 6 rings (SSSR count). The largest absolute Gasteiger partial charge is 0.486 e. The van der Waals surface area contributed by atoms with Gasteiger partial charge in [-0.25, -0.2) is 0 Å². The van der Waals surface area contributed by atoms with Crippen molar-refractivity contribution in [2.24, 2.45) is 0 Å². The third kappa shape index (κ3) is 4.79. The number of rotatable bonds is 6. The number of likely N-dealkylation sites (tertiary alicyclic amines) is 1. The SMILES string of the molecule is O=C(CN(Cc1ccc2c(c1)OCO2)C1CCCCC1)N1CCCC1c1ccc2c(c1)OCCO2. The molecule has 7 heteroatoms. The second kappa shape index (κ2) is 9.97. The third-order valence-corrected chi connectivity index (χ3v) is 7.78. The first-order chi connectivity index (χ1) is 17.2. The monoisotopic (exact) mass is 478 g/mol. The fourth-order valence-corrected chi connectivity index (χ4v) is 5.98. The second-order valence-corrected chi connectivity index (χ2v) is 10.0. The van der Waals surface area contributed by atoms with Crippen LogP contribution in [0.15, 0.2) is 36.4 Å². The van der Waals surface area contributed by atoms with Crippen molar-refractivity contribution < 1.29 is 23.7 Å². The number of hydrogen-bond donors (Lipinski definition) is 0. The topological polar surface area (TPSA) is 60.5 Å². The smallest absolute Gasteiger partial charge is 0.237 e. The molecule has 1 atom stereocenters. The first-order valence-electron chi connectivity index (χ1n) is 13.1. The fraction of sp³-hybridized carbons (Fsp3) is 0.536. The van der Waals surface area contributed by atoms with Crippen molar-refractivity contribution in [3.8, 4) is 23.0 Å². The minimum absolute atomic E-state index is 0.0945. The number of carbonyl (C=O) groups is 1. The normalized spacial score (nSPS) is 21.5. The predicted octanol–water partition coefficient (Wildman–Crippen LogP) is 4.68. The molecular formula is C28H34N2O5. The lowest BCUT2D eigenvalue weighted by molar-refractivity contribution is -0.134. The lowest BCUT2D eigenvalue weighted by Gasteiger charge is -2.36. The summed E-state index contributed by atoms with van der Waals surface area (Å²) in [5, 5.41) is 0. The van der Waals surface area contributed by atoms with E-state index in [1.807, 2.05) is 12.1 Å². The van der Waals surface area contributed by atoms with E-state index in [0.29, 0.717) is 25.8 Å². The summed E-state index contributed by atoms with van der Waals surface area (Å²) in [7, 11) is 0. The standard InChI is InChI=1S/C28H34N2O5/c31-28(30-12-4-7-23(30)21-9-11-24-27(16-21)33-14-13-32-24)18-29(22-5-2-1-3-6-22)17-20-8-10-25-26(15-20)35-19-34-25/h8-11,15-16,22-23H,1-7,12-14,17-19H2. The first kappa shape index (κ1) is 22.5. The Labute approximate surface area is 206 Å². The maximum absolute atomic E-state index is 13.7. The van der Waals surface area contributed by atoms with Crippen LogP contribution in [0.3, 0.4) is 0 Å². The summed E-state index contributed by atoms with van der Waals surface area (Å²) in [6.45, 7) is 3.43. The lowest BCUT2D eigenvalue weighted by atomic mass is 9.93. The highest BCUT2D eigenvalue weighted by molar-refractivity contribution is 5.79. The van der Waals surface area contributed by atoms with Crippen LogP contribution in [0.5, 0.6) is 23.0 Å². The van der Waals surface area contributed by atoms with Crippen LogP contribution in [-0.2, 0) is 11.3 Å². The molecule has 1 aliphatic carbocycles. The number of hydrogen-bond acceptors (Lipinski definition) is 6. The van der Waals surface area contributed by atoms with Crippen molar-refractivity contribution in [1.29, 1.82) is 0 Å². The molecule has 1 amide bonds. The molecule has 2 fully saturated rings. The van der Waals surface area contributed by atoms with Crippen molar-refractivity contribution in [3.05, 3.63) is 47.5 Å². The third-order valence-electron chi connectivity index (χ3n) is 7.78. The number of ether oxygens (including phenoxy) is 4. The summed E-state index contributed by atoms with van der Waals surface area (Å²) in [6.07, 6.45) is 8.08. The van der Waals surface area contributed by atoms with E-state index < -0.39 is 0 Å². The molecule has 0 bridgehead atoms. The number of fused-ring (bicyclic) bond motifs is 2. The summed E-state index contributed by atoms with van der Waals surface area (Å²) in [4.78, 5) is 18.2. The number of nitrogens with zero attached hydrogens (tertiary/aromatic N) is 2. The molecule has 35 heavy (non-hydrogen) atoms. The summed E-state index contributed by atoms with van der Waals surface area (Å²) in [5.74, 6) is 3.40. The molecule has 0 aromatic heterocycles. The Morgan fingerprint density at radius 1 is 0.829 bits per heavy atom. The Hall–Kier alpha value is -2.93. The highest BCUT2D eigenvalue weighted by atomic mass is 16.7. The summed E-state index contributed by atoms with van der Waals surface area (Å²) in [6, 6.07) is 12.8. The number of carbonyl (C=O) groups excluding carboxylic acids is 1. The molecule has 0 radical (unpaired) electrons. The Bertz CT molecular complexity index is 1070. The van der Waals surface area contributed by atoms with Crippen LogP contribution in [0.25, 0.3) is 0 Å². The second-order valence-electron chi connectivity index (χ2n) is 10.0. The molecule has 1 unspecified atom stereocenters. The van der Waals surface area contributed by atoms with E-state index >= 15 is 0 Å². The van der Waals surface area contributed by atoms with Crippen LogP contribution in [0.4, 0.5) is 0 Å². The molecule has 3 heterocycles. The number of benzene rings is 2. The van der Waals surface area contributed by atoms with Crippen LogP contribution >= 0.6 is 0 Å². The Kier molecular flexibility index (Phi) is 6.42. The molecule has 2 aromatic rings. The van der Waals surface area contributed by atoms with E-state index in [1.54, 1.807) is 0 Å². The van der Waals surface area contributed by atoms with Gasteiger partial charge in [-0.15, -0.1) is 0 Å². The quantitative estimate of drug-likeness (QED) is 0.601. The molecule has 2 aromatic carbocycles. The van der Waals surface area contributed by atoms with Crippen molar-refractivity contribution in [3.63, 3.8) is 0 Å². The predicted molar refractivity (Wildman–Crippen MR) is 131 cm³/mol. The minimum atomic E-state index is 0.0945. The zero-order valence-electron chi connectivity index (χ0n) is 20.2.